The zero-order valence-electron chi connectivity index (χ0n) is 11.9. The lowest BCUT2D eigenvalue weighted by molar-refractivity contribution is 0.0930. The third-order valence-electron chi connectivity index (χ3n) is 3.35. The fourth-order valence-electron chi connectivity index (χ4n) is 2.15. The molecule has 0 aliphatic heterocycles. The quantitative estimate of drug-likeness (QED) is 0.486. The van der Waals surface area contributed by atoms with Gasteiger partial charge in [-0.25, -0.2) is 0 Å². The van der Waals surface area contributed by atoms with Crippen molar-refractivity contribution in [1.29, 1.82) is 0 Å². The largest absolute Gasteiger partial charge is 0.293 e. The molecule has 0 amide bonds. The minimum absolute atomic E-state index is 0. The summed E-state index contributed by atoms with van der Waals surface area (Å²) in [5, 5.41) is 0. The molecule has 0 heterocycles. The van der Waals surface area contributed by atoms with Crippen molar-refractivity contribution in [2.45, 2.75) is 57.1 Å². The van der Waals surface area contributed by atoms with Gasteiger partial charge in [-0.15, -0.1) is 17.0 Å². The van der Waals surface area contributed by atoms with E-state index in [0.717, 1.165) is 44.1 Å². The SMILES string of the molecule is Br.CCCCC(S)(CCCC)C(=O)c1ccccc1. The molecule has 0 radical (unpaired) electrons. The van der Waals surface area contributed by atoms with Crippen molar-refractivity contribution in [3.8, 4) is 0 Å². The van der Waals surface area contributed by atoms with E-state index >= 15 is 0 Å². The van der Waals surface area contributed by atoms with Crippen molar-refractivity contribution in [3.63, 3.8) is 0 Å². The first-order valence-electron chi connectivity index (χ1n) is 6.96. The molecule has 0 fully saturated rings. The van der Waals surface area contributed by atoms with E-state index in [4.69, 9.17) is 12.6 Å². The average molecular weight is 345 g/mol. The van der Waals surface area contributed by atoms with Crippen LogP contribution in [0.2, 0.25) is 0 Å². The van der Waals surface area contributed by atoms with Crippen LogP contribution in [0.15, 0.2) is 30.3 Å². The maximum absolute atomic E-state index is 12.6. The van der Waals surface area contributed by atoms with Crippen molar-refractivity contribution >= 4 is 35.4 Å². The van der Waals surface area contributed by atoms with Crippen LogP contribution in [0.4, 0.5) is 0 Å². The minimum Gasteiger partial charge on any atom is -0.293 e. The summed E-state index contributed by atoms with van der Waals surface area (Å²) < 4.78 is -0.479. The van der Waals surface area contributed by atoms with Crippen molar-refractivity contribution < 1.29 is 4.79 Å². The Balaban J connectivity index is 0.00000324. The zero-order chi connectivity index (χ0) is 13.4. The number of thiol groups is 1. The molecule has 0 aromatic heterocycles. The first kappa shape index (κ1) is 18.7. The van der Waals surface area contributed by atoms with Gasteiger partial charge in [0.05, 0.1) is 4.75 Å². The maximum atomic E-state index is 12.6. The molecular formula is C16H25BrOS. The Kier molecular flexibility index (Phi) is 9.46. The van der Waals surface area contributed by atoms with Crippen LogP contribution < -0.4 is 0 Å². The van der Waals surface area contributed by atoms with Gasteiger partial charge in [-0.3, -0.25) is 4.79 Å². The van der Waals surface area contributed by atoms with E-state index in [-0.39, 0.29) is 22.8 Å². The second-order valence-corrected chi connectivity index (χ2v) is 5.79. The lowest BCUT2D eigenvalue weighted by Crippen LogP contribution is -2.33. The van der Waals surface area contributed by atoms with E-state index in [0.29, 0.717) is 0 Å². The molecule has 0 saturated carbocycles. The first-order valence-corrected chi connectivity index (χ1v) is 7.41. The Bertz CT molecular complexity index is 356. The Morgan fingerprint density at radius 2 is 1.53 bits per heavy atom. The lowest BCUT2D eigenvalue weighted by Gasteiger charge is -2.27. The van der Waals surface area contributed by atoms with Crippen LogP contribution in [-0.2, 0) is 0 Å². The van der Waals surface area contributed by atoms with Crippen molar-refractivity contribution in [2.75, 3.05) is 0 Å². The van der Waals surface area contributed by atoms with Crippen LogP contribution >= 0.6 is 29.6 Å². The molecule has 108 valence electrons. The topological polar surface area (TPSA) is 17.1 Å². The molecule has 1 aromatic carbocycles. The highest BCUT2D eigenvalue weighted by Gasteiger charge is 2.33. The average Bonchev–Trinajstić information content (AvgIpc) is 2.43. The highest BCUT2D eigenvalue weighted by Crippen LogP contribution is 2.32. The summed E-state index contributed by atoms with van der Waals surface area (Å²) in [5.41, 5.74) is 0.791. The van der Waals surface area contributed by atoms with E-state index in [1.165, 1.54) is 0 Å². The zero-order valence-corrected chi connectivity index (χ0v) is 14.5. The van der Waals surface area contributed by atoms with E-state index < -0.39 is 4.75 Å². The van der Waals surface area contributed by atoms with Crippen LogP contribution in [0.3, 0.4) is 0 Å². The van der Waals surface area contributed by atoms with Gasteiger partial charge in [-0.05, 0) is 12.8 Å². The predicted molar refractivity (Wildman–Crippen MR) is 91.9 cm³/mol. The fraction of sp³-hybridized carbons (Fsp3) is 0.562. The highest BCUT2D eigenvalue weighted by atomic mass is 79.9. The summed E-state index contributed by atoms with van der Waals surface area (Å²) in [5.74, 6) is 0.188. The second-order valence-electron chi connectivity index (χ2n) is 4.93. The van der Waals surface area contributed by atoms with Gasteiger partial charge in [-0.1, -0.05) is 69.9 Å². The van der Waals surface area contributed by atoms with Crippen LogP contribution in [0.5, 0.6) is 0 Å². The summed E-state index contributed by atoms with van der Waals surface area (Å²) in [6.45, 7) is 4.31. The van der Waals surface area contributed by atoms with Crippen LogP contribution in [0.1, 0.15) is 62.7 Å². The predicted octanol–water partition coefficient (Wildman–Crippen LogP) is 5.50. The summed E-state index contributed by atoms with van der Waals surface area (Å²) in [4.78, 5) is 12.6. The Hall–Kier alpha value is -0.280. The number of hydrogen-bond donors (Lipinski definition) is 1. The number of Topliss-reactive ketones (excluding diaryl/α,β-unsaturated/α-hetero) is 1. The molecule has 0 N–H and O–H groups in total. The molecule has 1 rings (SSSR count). The van der Waals surface area contributed by atoms with E-state index in [2.05, 4.69) is 13.8 Å². The van der Waals surface area contributed by atoms with Crippen LogP contribution in [0.25, 0.3) is 0 Å². The van der Waals surface area contributed by atoms with E-state index in [1.807, 2.05) is 30.3 Å². The molecule has 0 aliphatic rings. The lowest BCUT2D eigenvalue weighted by atomic mass is 9.87. The van der Waals surface area contributed by atoms with Crippen molar-refractivity contribution in [1.82, 2.24) is 0 Å². The first-order chi connectivity index (χ1) is 8.64. The van der Waals surface area contributed by atoms with Gasteiger partial charge in [0.15, 0.2) is 5.78 Å². The molecule has 1 aromatic rings. The van der Waals surface area contributed by atoms with Crippen molar-refractivity contribution in [2.24, 2.45) is 0 Å². The van der Waals surface area contributed by atoms with Crippen LogP contribution in [-0.4, -0.2) is 10.5 Å². The molecule has 3 heteroatoms. The highest BCUT2D eigenvalue weighted by molar-refractivity contribution is 8.93. The molecule has 0 bridgehead atoms. The standard InChI is InChI=1S/C16H24OS.BrH/c1-3-5-12-16(18,13-6-4-2)15(17)14-10-8-7-9-11-14;/h7-11,18H,3-6,12-13H2,1-2H3;1H. The van der Waals surface area contributed by atoms with Gasteiger partial charge in [0.1, 0.15) is 0 Å². The smallest absolute Gasteiger partial charge is 0.178 e. The summed E-state index contributed by atoms with van der Waals surface area (Å²) in [6.07, 6.45) is 6.09. The molecule has 0 unspecified atom stereocenters. The molecular weight excluding hydrogens is 320 g/mol. The second kappa shape index (κ2) is 9.60. The maximum Gasteiger partial charge on any atom is 0.178 e. The third-order valence-corrected chi connectivity index (χ3v) is 4.00. The molecule has 19 heavy (non-hydrogen) atoms. The van der Waals surface area contributed by atoms with E-state index in [1.54, 1.807) is 0 Å². The van der Waals surface area contributed by atoms with Crippen molar-refractivity contribution in [3.05, 3.63) is 35.9 Å². The van der Waals surface area contributed by atoms with Gasteiger partial charge in [0, 0.05) is 5.56 Å². The number of carbonyl (C=O) groups excluding carboxylic acids is 1. The monoisotopic (exact) mass is 344 g/mol. The summed E-state index contributed by atoms with van der Waals surface area (Å²) >= 11 is 4.74. The van der Waals surface area contributed by atoms with Gasteiger partial charge >= 0.3 is 0 Å². The third kappa shape index (κ3) is 5.70. The van der Waals surface area contributed by atoms with Gasteiger partial charge in [0.25, 0.3) is 0 Å². The molecule has 0 spiro atoms. The molecule has 0 aliphatic carbocycles. The number of rotatable bonds is 8. The van der Waals surface area contributed by atoms with Gasteiger partial charge in [0.2, 0.25) is 0 Å². The minimum atomic E-state index is -0.479. The van der Waals surface area contributed by atoms with Crippen LogP contribution in [0, 0.1) is 0 Å². The normalized spacial score (nSPS) is 10.9. The molecule has 0 saturated heterocycles. The molecule has 1 nitrogen and oxygen atoms in total. The number of benzene rings is 1. The van der Waals surface area contributed by atoms with E-state index in [9.17, 15) is 4.79 Å². The number of ketones is 1. The summed E-state index contributed by atoms with van der Waals surface area (Å²) in [6, 6.07) is 9.56. The number of halogens is 1. The van der Waals surface area contributed by atoms with Gasteiger partial charge < -0.3 is 0 Å². The fourth-order valence-corrected chi connectivity index (χ4v) is 2.59. The Morgan fingerprint density at radius 1 is 1.05 bits per heavy atom. The Labute approximate surface area is 133 Å². The number of unbranched alkanes of at least 4 members (excludes halogenated alkanes) is 2. The van der Waals surface area contributed by atoms with Gasteiger partial charge in [-0.2, -0.15) is 12.6 Å². The number of hydrogen-bond acceptors (Lipinski definition) is 2. The number of carbonyl (C=O) groups is 1. The Morgan fingerprint density at radius 3 is 1.95 bits per heavy atom. The summed E-state index contributed by atoms with van der Waals surface area (Å²) in [7, 11) is 0. The molecule has 0 atom stereocenters.